The number of nitrogens with zero attached hydrogens (tertiary/aromatic N) is 3. The van der Waals surface area contributed by atoms with Gasteiger partial charge in [0.2, 0.25) is 0 Å². The largest absolute Gasteiger partial charge is 0.484 e. The molecule has 1 aromatic heterocycles. The number of pyridine rings is 1. The van der Waals surface area contributed by atoms with Gasteiger partial charge < -0.3 is 9.64 Å². The van der Waals surface area contributed by atoms with Crippen LogP contribution in [0.4, 0.5) is 0 Å². The number of aromatic nitrogens is 1. The molecule has 1 heterocycles. The third-order valence-corrected chi connectivity index (χ3v) is 3.38. The number of hydrogen-bond donors (Lipinski definition) is 1. The van der Waals surface area contributed by atoms with Gasteiger partial charge in [0, 0.05) is 26.5 Å². The van der Waals surface area contributed by atoms with Crippen LogP contribution in [0.1, 0.15) is 22.8 Å². The van der Waals surface area contributed by atoms with Gasteiger partial charge in [-0.3, -0.25) is 14.6 Å². The Morgan fingerprint density at radius 1 is 1.16 bits per heavy atom. The molecule has 0 saturated heterocycles. The highest BCUT2D eigenvalue weighted by atomic mass is 16.5. The quantitative estimate of drug-likeness (QED) is 0.641. The van der Waals surface area contributed by atoms with E-state index in [2.05, 4.69) is 15.5 Å². The van der Waals surface area contributed by atoms with Crippen molar-refractivity contribution in [3.8, 4) is 5.75 Å². The van der Waals surface area contributed by atoms with Gasteiger partial charge in [-0.1, -0.05) is 0 Å². The van der Waals surface area contributed by atoms with Crippen molar-refractivity contribution in [1.82, 2.24) is 15.3 Å². The lowest BCUT2D eigenvalue weighted by Gasteiger charge is -2.11. The molecular weight excluding hydrogens is 320 g/mol. The van der Waals surface area contributed by atoms with Gasteiger partial charge in [0.25, 0.3) is 11.8 Å². The van der Waals surface area contributed by atoms with Crippen molar-refractivity contribution in [3.63, 3.8) is 0 Å². The van der Waals surface area contributed by atoms with Crippen LogP contribution in [0, 0.1) is 0 Å². The average Bonchev–Trinajstić information content (AvgIpc) is 2.64. The lowest BCUT2D eigenvalue weighted by molar-refractivity contribution is -0.130. The summed E-state index contributed by atoms with van der Waals surface area (Å²) in [5.74, 6) is 0.153. The van der Waals surface area contributed by atoms with Crippen LogP contribution in [0.15, 0.2) is 53.9 Å². The van der Waals surface area contributed by atoms with Gasteiger partial charge in [-0.2, -0.15) is 5.10 Å². The standard InChI is InChI=1S/C18H20N4O3/c1-13(20-21-18(24)15-5-4-10-19-11-15)14-6-8-16(9-7-14)25-12-17(23)22(2)3/h4-11H,12H2,1-3H3,(H,21,24)/b20-13-. The fraction of sp³-hybridized carbons (Fsp3) is 0.222. The number of carbonyl (C=O) groups excluding carboxylic acids is 2. The number of carbonyl (C=O) groups is 2. The molecule has 0 bridgehead atoms. The van der Waals surface area contributed by atoms with Gasteiger partial charge in [0.1, 0.15) is 5.75 Å². The molecule has 0 spiro atoms. The van der Waals surface area contributed by atoms with Crippen molar-refractivity contribution < 1.29 is 14.3 Å². The fourth-order valence-electron chi connectivity index (χ4n) is 1.83. The molecule has 130 valence electrons. The lowest BCUT2D eigenvalue weighted by atomic mass is 10.1. The molecule has 0 saturated carbocycles. The van der Waals surface area contributed by atoms with Gasteiger partial charge >= 0.3 is 0 Å². The molecule has 25 heavy (non-hydrogen) atoms. The number of hydrazone groups is 1. The van der Waals surface area contributed by atoms with Crippen LogP contribution in [0.2, 0.25) is 0 Å². The van der Waals surface area contributed by atoms with Gasteiger partial charge in [-0.05, 0) is 48.9 Å². The molecule has 0 fully saturated rings. The summed E-state index contributed by atoms with van der Waals surface area (Å²) in [6.45, 7) is 1.77. The first-order chi connectivity index (χ1) is 12.0. The number of amides is 2. The first kappa shape index (κ1) is 18.1. The predicted octanol–water partition coefficient (Wildman–Crippen LogP) is 1.70. The van der Waals surface area contributed by atoms with E-state index in [4.69, 9.17) is 4.74 Å². The van der Waals surface area contributed by atoms with Crippen LogP contribution in [0.5, 0.6) is 5.75 Å². The first-order valence-corrected chi connectivity index (χ1v) is 7.65. The summed E-state index contributed by atoms with van der Waals surface area (Å²) in [5.41, 5.74) is 4.41. The van der Waals surface area contributed by atoms with E-state index in [9.17, 15) is 9.59 Å². The maximum absolute atomic E-state index is 11.9. The Morgan fingerprint density at radius 2 is 1.88 bits per heavy atom. The zero-order valence-electron chi connectivity index (χ0n) is 14.4. The summed E-state index contributed by atoms with van der Waals surface area (Å²) in [4.78, 5) is 28.8. The van der Waals surface area contributed by atoms with E-state index in [0.29, 0.717) is 17.0 Å². The molecule has 7 nitrogen and oxygen atoms in total. The Kier molecular flexibility index (Phi) is 6.22. The van der Waals surface area contributed by atoms with Crippen LogP contribution in [-0.4, -0.2) is 48.1 Å². The first-order valence-electron chi connectivity index (χ1n) is 7.65. The molecule has 2 aromatic rings. The molecule has 0 aliphatic rings. The molecule has 1 aromatic carbocycles. The van der Waals surface area contributed by atoms with Crippen LogP contribution in [0.25, 0.3) is 0 Å². The highest BCUT2D eigenvalue weighted by molar-refractivity contribution is 6.00. The Labute approximate surface area is 146 Å². The second-order valence-corrected chi connectivity index (χ2v) is 5.48. The van der Waals surface area contributed by atoms with Crippen molar-refractivity contribution in [1.29, 1.82) is 0 Å². The summed E-state index contributed by atoms with van der Waals surface area (Å²) in [5, 5.41) is 4.09. The van der Waals surface area contributed by atoms with E-state index in [-0.39, 0.29) is 18.4 Å². The Hall–Kier alpha value is -3.22. The maximum atomic E-state index is 11.9. The number of nitrogens with one attached hydrogen (secondary N) is 1. The Bertz CT molecular complexity index is 756. The number of rotatable bonds is 6. The minimum atomic E-state index is -0.324. The van der Waals surface area contributed by atoms with E-state index >= 15 is 0 Å². The van der Waals surface area contributed by atoms with Crippen LogP contribution in [0.3, 0.4) is 0 Å². The van der Waals surface area contributed by atoms with Crippen LogP contribution >= 0.6 is 0 Å². The number of benzene rings is 1. The van der Waals surface area contributed by atoms with E-state index in [1.54, 1.807) is 51.5 Å². The summed E-state index contributed by atoms with van der Waals surface area (Å²) >= 11 is 0. The van der Waals surface area contributed by atoms with Gasteiger partial charge in [0.05, 0.1) is 11.3 Å². The highest BCUT2D eigenvalue weighted by Crippen LogP contribution is 2.13. The minimum Gasteiger partial charge on any atom is -0.484 e. The molecule has 0 aliphatic heterocycles. The van der Waals surface area contributed by atoms with Crippen LogP contribution < -0.4 is 10.2 Å². The smallest absolute Gasteiger partial charge is 0.272 e. The van der Waals surface area contributed by atoms with E-state index in [1.165, 1.54) is 11.1 Å². The third kappa shape index (κ3) is 5.42. The van der Waals surface area contributed by atoms with Crippen molar-refractivity contribution in [3.05, 3.63) is 59.9 Å². The number of hydrogen-bond acceptors (Lipinski definition) is 5. The fourth-order valence-corrected chi connectivity index (χ4v) is 1.83. The molecule has 0 radical (unpaired) electrons. The molecule has 0 atom stereocenters. The lowest BCUT2D eigenvalue weighted by Crippen LogP contribution is -2.27. The van der Waals surface area contributed by atoms with Gasteiger partial charge in [-0.25, -0.2) is 5.43 Å². The van der Waals surface area contributed by atoms with Crippen molar-refractivity contribution >= 4 is 17.5 Å². The molecule has 7 heteroatoms. The average molecular weight is 340 g/mol. The second kappa shape index (κ2) is 8.58. The van der Waals surface area contributed by atoms with Crippen LogP contribution in [-0.2, 0) is 4.79 Å². The molecule has 0 unspecified atom stereocenters. The predicted molar refractivity (Wildman–Crippen MR) is 94.5 cm³/mol. The summed E-state index contributed by atoms with van der Waals surface area (Å²) in [6, 6.07) is 10.5. The zero-order valence-corrected chi connectivity index (χ0v) is 14.4. The topological polar surface area (TPSA) is 83.9 Å². The summed E-state index contributed by atoms with van der Waals surface area (Å²) in [7, 11) is 3.35. The van der Waals surface area contributed by atoms with Gasteiger partial charge in [0.15, 0.2) is 6.61 Å². The second-order valence-electron chi connectivity index (χ2n) is 5.48. The maximum Gasteiger partial charge on any atom is 0.272 e. The minimum absolute atomic E-state index is 0.0133. The number of likely N-dealkylation sites (N-methyl/N-ethyl adjacent to an activating group) is 1. The van der Waals surface area contributed by atoms with E-state index in [1.807, 2.05) is 12.1 Å². The monoisotopic (exact) mass is 340 g/mol. The highest BCUT2D eigenvalue weighted by Gasteiger charge is 2.06. The van der Waals surface area contributed by atoms with Crippen molar-refractivity contribution in [2.45, 2.75) is 6.92 Å². The molecule has 2 amide bonds. The molecule has 1 N–H and O–H groups in total. The Balaban J connectivity index is 1.94. The summed E-state index contributed by atoms with van der Waals surface area (Å²) < 4.78 is 5.41. The normalized spacial score (nSPS) is 10.9. The zero-order chi connectivity index (χ0) is 18.2. The molecule has 0 aliphatic carbocycles. The van der Waals surface area contributed by atoms with Crippen molar-refractivity contribution in [2.24, 2.45) is 5.10 Å². The van der Waals surface area contributed by atoms with E-state index < -0.39 is 0 Å². The number of ether oxygens (including phenoxy) is 1. The van der Waals surface area contributed by atoms with Gasteiger partial charge in [-0.15, -0.1) is 0 Å². The SMILES string of the molecule is C/C(=N/NC(=O)c1cccnc1)c1ccc(OCC(=O)N(C)C)cc1. The third-order valence-electron chi connectivity index (χ3n) is 3.38. The Morgan fingerprint density at radius 3 is 2.48 bits per heavy atom. The molecular formula is C18H20N4O3. The van der Waals surface area contributed by atoms with E-state index in [0.717, 1.165) is 5.56 Å². The summed E-state index contributed by atoms with van der Waals surface area (Å²) in [6.07, 6.45) is 3.07. The molecule has 2 rings (SSSR count). The van der Waals surface area contributed by atoms with Crippen molar-refractivity contribution in [2.75, 3.05) is 20.7 Å².